The van der Waals surface area contributed by atoms with Crippen LogP contribution in [0, 0.1) is 36.2 Å². The molecule has 2 aliphatic heterocycles. The molecule has 0 aliphatic carbocycles. The van der Waals surface area contributed by atoms with Gasteiger partial charge in [-0.3, -0.25) is 4.90 Å². The average molecular weight is 551 g/mol. The first-order chi connectivity index (χ1) is 19.3. The molecule has 0 bridgehead atoms. The van der Waals surface area contributed by atoms with Gasteiger partial charge in [0, 0.05) is 63.4 Å². The molecule has 3 heterocycles. The molecule has 2 aliphatic rings. The van der Waals surface area contributed by atoms with Crippen LogP contribution in [-0.4, -0.2) is 79.2 Å². The van der Waals surface area contributed by atoms with Crippen molar-refractivity contribution in [3.8, 4) is 17.6 Å². The molecule has 5 rings (SSSR count). The van der Waals surface area contributed by atoms with E-state index in [1.54, 1.807) is 12.1 Å². The molecule has 40 heavy (non-hydrogen) atoms. The Morgan fingerprint density at radius 1 is 0.925 bits per heavy atom. The summed E-state index contributed by atoms with van der Waals surface area (Å²) in [4.78, 5) is 15.5. The van der Waals surface area contributed by atoms with E-state index in [1.807, 2.05) is 0 Å². The maximum atomic E-state index is 15.1. The molecule has 0 amide bonds. The number of aryl methyl sites for hydroxylation is 1. The summed E-state index contributed by atoms with van der Waals surface area (Å²) >= 11 is 0. The number of methoxy groups -OCH3 is 1. The van der Waals surface area contributed by atoms with Gasteiger partial charge in [-0.2, -0.15) is 0 Å². The van der Waals surface area contributed by atoms with Crippen molar-refractivity contribution in [3.63, 3.8) is 0 Å². The second kappa shape index (κ2) is 12.1. The van der Waals surface area contributed by atoms with E-state index in [9.17, 15) is 8.78 Å². The van der Waals surface area contributed by atoms with Crippen LogP contribution in [0.2, 0.25) is 0 Å². The first-order valence-corrected chi connectivity index (χ1v) is 13.4. The highest BCUT2D eigenvalue weighted by Crippen LogP contribution is 2.29. The molecule has 2 aromatic carbocycles. The van der Waals surface area contributed by atoms with E-state index in [0.717, 1.165) is 52.1 Å². The second-order valence-electron chi connectivity index (χ2n) is 10.3. The van der Waals surface area contributed by atoms with E-state index in [2.05, 4.69) is 48.9 Å². The zero-order chi connectivity index (χ0) is 28.2. The molecule has 10 heteroatoms. The van der Waals surface area contributed by atoms with Crippen molar-refractivity contribution in [2.24, 2.45) is 0 Å². The smallest absolute Gasteiger partial charge is 0.227 e. The summed E-state index contributed by atoms with van der Waals surface area (Å²) < 4.78 is 48.9. The first kappa shape index (κ1) is 27.7. The van der Waals surface area contributed by atoms with Crippen LogP contribution < -0.4 is 15.0 Å². The summed E-state index contributed by atoms with van der Waals surface area (Å²) in [5.74, 6) is 3.46. The molecule has 1 aromatic heterocycles. The van der Waals surface area contributed by atoms with Crippen LogP contribution in [0.15, 0.2) is 36.7 Å². The lowest BCUT2D eigenvalue weighted by molar-refractivity contribution is 0.0981. The summed E-state index contributed by atoms with van der Waals surface area (Å²) in [7, 11) is 3.47. The van der Waals surface area contributed by atoms with Gasteiger partial charge in [0.15, 0.2) is 11.6 Å². The highest BCUT2D eigenvalue weighted by molar-refractivity contribution is 5.60. The number of rotatable bonds is 5. The van der Waals surface area contributed by atoms with Crippen molar-refractivity contribution in [2.45, 2.75) is 25.8 Å². The molecule has 0 radical (unpaired) electrons. The Hall–Kier alpha value is -3.81. The van der Waals surface area contributed by atoms with Crippen LogP contribution in [0.5, 0.6) is 5.75 Å². The summed E-state index contributed by atoms with van der Waals surface area (Å²) in [6.07, 6.45) is 4.92. The van der Waals surface area contributed by atoms with E-state index >= 15 is 4.39 Å². The summed E-state index contributed by atoms with van der Waals surface area (Å²) in [6, 6.07) is 6.88. The molecule has 1 N–H and O–H groups in total. The monoisotopic (exact) mass is 550 g/mol. The van der Waals surface area contributed by atoms with Crippen molar-refractivity contribution in [1.82, 2.24) is 19.8 Å². The van der Waals surface area contributed by atoms with E-state index in [4.69, 9.17) is 4.74 Å². The van der Waals surface area contributed by atoms with Crippen molar-refractivity contribution >= 4 is 17.3 Å². The number of nitrogens with one attached hydrogen (secondary N) is 1. The molecule has 0 unspecified atom stereocenters. The zero-order valence-corrected chi connectivity index (χ0v) is 23.0. The lowest BCUT2D eigenvalue weighted by atomic mass is 10.0. The van der Waals surface area contributed by atoms with Gasteiger partial charge in [0.05, 0.1) is 18.4 Å². The topological polar surface area (TPSA) is 56.8 Å². The Bertz CT molecular complexity index is 1410. The van der Waals surface area contributed by atoms with Crippen LogP contribution in [0.1, 0.15) is 29.5 Å². The lowest BCUT2D eigenvalue weighted by Crippen LogP contribution is -2.52. The fourth-order valence-corrected chi connectivity index (χ4v) is 5.22. The number of hydrogen-bond acceptors (Lipinski definition) is 7. The summed E-state index contributed by atoms with van der Waals surface area (Å²) in [6.45, 7) is 7.58. The number of likely N-dealkylation sites (N-methyl/N-ethyl adjacent to an activating group) is 1. The van der Waals surface area contributed by atoms with Crippen molar-refractivity contribution < 1.29 is 17.9 Å². The van der Waals surface area contributed by atoms with Gasteiger partial charge in [-0.25, -0.2) is 23.1 Å². The van der Waals surface area contributed by atoms with E-state index in [-0.39, 0.29) is 28.6 Å². The predicted octanol–water partition coefficient (Wildman–Crippen LogP) is 4.57. The van der Waals surface area contributed by atoms with Crippen molar-refractivity contribution in [3.05, 3.63) is 70.8 Å². The summed E-state index contributed by atoms with van der Waals surface area (Å²) in [5.41, 5.74) is 1.33. The zero-order valence-electron chi connectivity index (χ0n) is 23.0. The minimum absolute atomic E-state index is 0.0765. The third-order valence-electron chi connectivity index (χ3n) is 7.62. The largest absolute Gasteiger partial charge is 0.494 e. The predicted molar refractivity (Wildman–Crippen MR) is 150 cm³/mol. The minimum atomic E-state index is -0.859. The van der Waals surface area contributed by atoms with Gasteiger partial charge in [-0.15, -0.1) is 0 Å². The first-order valence-electron chi connectivity index (χ1n) is 13.4. The van der Waals surface area contributed by atoms with Gasteiger partial charge in [-0.1, -0.05) is 11.8 Å². The molecule has 2 saturated heterocycles. The molecule has 2 fully saturated rings. The second-order valence-corrected chi connectivity index (χ2v) is 10.3. The molecule has 210 valence electrons. The van der Waals surface area contributed by atoms with Crippen LogP contribution in [0.25, 0.3) is 0 Å². The number of hydrogen-bond donors (Lipinski definition) is 1. The fraction of sp³-hybridized carbons (Fsp3) is 0.400. The Morgan fingerprint density at radius 2 is 1.62 bits per heavy atom. The number of aromatic nitrogens is 2. The van der Waals surface area contributed by atoms with Crippen LogP contribution in [0.4, 0.5) is 30.5 Å². The highest BCUT2D eigenvalue weighted by atomic mass is 19.1. The Kier molecular flexibility index (Phi) is 8.43. The molecule has 0 spiro atoms. The minimum Gasteiger partial charge on any atom is -0.494 e. The standard InChI is InChI=1S/C30H33F3N6O/c1-20-16-27(40-3)29(33)24(28(20)32)6-4-21-18-34-30(35-19-21)36-22-5-7-26(25(31)17-22)39-10-8-23(9-11-39)38-14-12-37(2)13-15-38/h5,7,16-19,23H,8-15H2,1-3H3,(H,34,35,36). The van der Waals surface area contributed by atoms with Crippen LogP contribution in [0.3, 0.4) is 0 Å². The maximum absolute atomic E-state index is 15.1. The van der Waals surface area contributed by atoms with E-state index in [0.29, 0.717) is 23.0 Å². The SMILES string of the molecule is COc1cc(C)c(F)c(C#Cc2cnc(Nc3ccc(N4CCC(N5CCN(C)CC5)CC4)c(F)c3)nc2)c1F. The molecule has 0 atom stereocenters. The average Bonchev–Trinajstić information content (AvgIpc) is 2.96. The van der Waals surface area contributed by atoms with Crippen molar-refractivity contribution in [1.29, 1.82) is 0 Å². The molecule has 0 saturated carbocycles. The van der Waals surface area contributed by atoms with Gasteiger partial charge in [0.1, 0.15) is 17.2 Å². The number of ether oxygens (including phenoxy) is 1. The van der Waals surface area contributed by atoms with Crippen LogP contribution >= 0.6 is 0 Å². The number of anilines is 3. The lowest BCUT2D eigenvalue weighted by Gasteiger charge is -2.42. The third-order valence-corrected chi connectivity index (χ3v) is 7.62. The molecule has 3 aromatic rings. The summed E-state index contributed by atoms with van der Waals surface area (Å²) in [5, 5.41) is 2.99. The van der Waals surface area contributed by atoms with Gasteiger partial charge in [-0.05, 0) is 56.6 Å². The molecular formula is C30H33F3N6O. The Labute approximate surface area is 233 Å². The highest BCUT2D eigenvalue weighted by Gasteiger charge is 2.27. The quantitative estimate of drug-likeness (QED) is 0.467. The van der Waals surface area contributed by atoms with Crippen molar-refractivity contribution in [2.75, 3.05) is 63.6 Å². The third kappa shape index (κ3) is 6.16. The number of nitrogens with zero attached hydrogens (tertiary/aromatic N) is 5. The number of benzene rings is 2. The number of piperidine rings is 1. The fourth-order valence-electron chi connectivity index (χ4n) is 5.22. The maximum Gasteiger partial charge on any atom is 0.227 e. The molecular weight excluding hydrogens is 517 g/mol. The van der Waals surface area contributed by atoms with E-state index < -0.39 is 11.6 Å². The normalized spacial score (nSPS) is 16.9. The van der Waals surface area contributed by atoms with E-state index in [1.165, 1.54) is 38.6 Å². The van der Waals surface area contributed by atoms with Gasteiger partial charge < -0.3 is 19.9 Å². The molecule has 7 nitrogen and oxygen atoms in total. The number of halogens is 3. The van der Waals surface area contributed by atoms with Gasteiger partial charge in [0.25, 0.3) is 0 Å². The Morgan fingerprint density at radius 3 is 2.27 bits per heavy atom. The van der Waals surface area contributed by atoms with Crippen LogP contribution in [-0.2, 0) is 0 Å². The van der Waals surface area contributed by atoms with Gasteiger partial charge in [0.2, 0.25) is 5.95 Å². The number of piperazine rings is 1. The Balaban J connectivity index is 1.20. The van der Waals surface area contributed by atoms with Gasteiger partial charge >= 0.3 is 0 Å².